The molecule has 2 atom stereocenters. The van der Waals surface area contributed by atoms with E-state index in [1.54, 1.807) is 12.4 Å². The molecule has 2 rings (SSSR count). The van der Waals surface area contributed by atoms with Gasteiger partial charge in [0.05, 0.1) is 0 Å². The van der Waals surface area contributed by atoms with Crippen LogP contribution in [0.3, 0.4) is 0 Å². The smallest absolute Gasteiger partial charge is 0.317 e. The molecule has 0 radical (unpaired) electrons. The van der Waals surface area contributed by atoms with E-state index in [0.29, 0.717) is 18.5 Å². The summed E-state index contributed by atoms with van der Waals surface area (Å²) in [4.78, 5) is 20.7. The zero-order chi connectivity index (χ0) is 15.2. The second kappa shape index (κ2) is 7.41. The van der Waals surface area contributed by atoms with E-state index in [4.69, 9.17) is 0 Å². The average Bonchev–Trinajstić information content (AvgIpc) is 2.52. The molecule has 1 fully saturated rings. The molecule has 2 unspecified atom stereocenters. The molecule has 5 nitrogen and oxygen atoms in total. The fourth-order valence-corrected chi connectivity index (χ4v) is 3.04. The Morgan fingerprint density at radius 2 is 2.38 bits per heavy atom. The summed E-state index contributed by atoms with van der Waals surface area (Å²) in [5, 5.41) is 2.98. The fourth-order valence-electron chi connectivity index (χ4n) is 3.04. The van der Waals surface area contributed by atoms with E-state index >= 15 is 0 Å². The van der Waals surface area contributed by atoms with Crippen molar-refractivity contribution < 1.29 is 4.79 Å². The SMILES string of the molecule is CCN1CCC(N(C)C(=O)NCc2cccnc2)C(C)C1. The first kappa shape index (κ1) is 15.8. The number of likely N-dealkylation sites (tertiary alicyclic amines) is 1. The normalized spacial score (nSPS) is 22.8. The highest BCUT2D eigenvalue weighted by Gasteiger charge is 2.30. The zero-order valence-electron chi connectivity index (χ0n) is 13.2. The van der Waals surface area contributed by atoms with E-state index in [2.05, 4.69) is 29.0 Å². The van der Waals surface area contributed by atoms with Crippen molar-refractivity contribution in [1.29, 1.82) is 0 Å². The third kappa shape index (κ3) is 4.17. The number of rotatable bonds is 4. The van der Waals surface area contributed by atoms with Gasteiger partial charge in [-0.3, -0.25) is 4.98 Å². The van der Waals surface area contributed by atoms with E-state index in [-0.39, 0.29) is 6.03 Å². The van der Waals surface area contributed by atoms with Crippen LogP contribution in [0, 0.1) is 5.92 Å². The monoisotopic (exact) mass is 290 g/mol. The van der Waals surface area contributed by atoms with Crippen LogP contribution in [0.2, 0.25) is 0 Å². The lowest BCUT2D eigenvalue weighted by atomic mass is 9.93. The Hall–Kier alpha value is -1.62. The number of hydrogen-bond donors (Lipinski definition) is 1. The van der Waals surface area contributed by atoms with Gasteiger partial charge in [-0.15, -0.1) is 0 Å². The Morgan fingerprint density at radius 3 is 3.00 bits per heavy atom. The largest absolute Gasteiger partial charge is 0.334 e. The number of carbonyl (C=O) groups is 1. The molecular formula is C16H26N4O. The lowest BCUT2D eigenvalue weighted by Gasteiger charge is -2.40. The third-order valence-electron chi connectivity index (χ3n) is 4.38. The minimum Gasteiger partial charge on any atom is -0.334 e. The Kier molecular flexibility index (Phi) is 5.56. The van der Waals surface area contributed by atoms with Gasteiger partial charge in [-0.05, 0) is 30.5 Å². The molecule has 1 aromatic heterocycles. The zero-order valence-corrected chi connectivity index (χ0v) is 13.2. The number of aromatic nitrogens is 1. The second-order valence-electron chi connectivity index (χ2n) is 5.86. The van der Waals surface area contributed by atoms with Gasteiger partial charge in [-0.25, -0.2) is 4.79 Å². The molecule has 0 spiro atoms. The van der Waals surface area contributed by atoms with Crippen LogP contribution < -0.4 is 5.32 Å². The van der Waals surface area contributed by atoms with Crippen LogP contribution in [0.1, 0.15) is 25.8 Å². The van der Waals surface area contributed by atoms with Crippen LogP contribution in [0.25, 0.3) is 0 Å². The van der Waals surface area contributed by atoms with Gasteiger partial charge in [0.25, 0.3) is 0 Å². The number of piperidine rings is 1. The lowest BCUT2D eigenvalue weighted by molar-refractivity contribution is 0.0962. The molecule has 0 bridgehead atoms. The Balaban J connectivity index is 1.84. The molecule has 0 aromatic carbocycles. The molecular weight excluding hydrogens is 264 g/mol. The van der Waals surface area contributed by atoms with Crippen molar-refractivity contribution in [2.45, 2.75) is 32.9 Å². The van der Waals surface area contributed by atoms with Crippen molar-refractivity contribution in [3.63, 3.8) is 0 Å². The van der Waals surface area contributed by atoms with Crippen LogP contribution in [0.4, 0.5) is 4.79 Å². The van der Waals surface area contributed by atoms with E-state index in [1.807, 2.05) is 24.1 Å². The van der Waals surface area contributed by atoms with Gasteiger partial charge in [-0.2, -0.15) is 0 Å². The van der Waals surface area contributed by atoms with Gasteiger partial charge in [0.2, 0.25) is 0 Å². The molecule has 0 saturated carbocycles. The third-order valence-corrected chi connectivity index (χ3v) is 4.38. The van der Waals surface area contributed by atoms with Crippen molar-refractivity contribution in [1.82, 2.24) is 20.1 Å². The molecule has 1 aromatic rings. The Labute approximate surface area is 127 Å². The lowest BCUT2D eigenvalue weighted by Crippen LogP contribution is -2.52. The van der Waals surface area contributed by atoms with Crippen molar-refractivity contribution in [3.8, 4) is 0 Å². The maximum absolute atomic E-state index is 12.3. The topological polar surface area (TPSA) is 48.5 Å². The van der Waals surface area contributed by atoms with Gasteiger partial charge in [0.1, 0.15) is 0 Å². The Morgan fingerprint density at radius 1 is 1.57 bits per heavy atom. The standard InChI is InChI=1S/C16H26N4O/c1-4-20-9-7-15(13(2)12-20)19(3)16(21)18-11-14-6-5-8-17-10-14/h5-6,8,10,13,15H,4,7,9,11-12H2,1-3H3,(H,18,21). The quantitative estimate of drug-likeness (QED) is 0.922. The molecule has 0 aliphatic carbocycles. The molecule has 21 heavy (non-hydrogen) atoms. The first-order valence-corrected chi connectivity index (χ1v) is 7.73. The second-order valence-corrected chi connectivity index (χ2v) is 5.86. The van der Waals surface area contributed by atoms with Crippen LogP contribution in [0.15, 0.2) is 24.5 Å². The van der Waals surface area contributed by atoms with Gasteiger partial charge in [0, 0.05) is 45.1 Å². The summed E-state index contributed by atoms with van der Waals surface area (Å²) in [6.07, 6.45) is 4.56. The highest BCUT2D eigenvalue weighted by Crippen LogP contribution is 2.21. The van der Waals surface area contributed by atoms with Crippen molar-refractivity contribution in [3.05, 3.63) is 30.1 Å². The number of pyridine rings is 1. The van der Waals surface area contributed by atoms with E-state index in [1.165, 1.54) is 0 Å². The molecule has 116 valence electrons. The van der Waals surface area contributed by atoms with Gasteiger partial charge in [-0.1, -0.05) is 19.9 Å². The summed E-state index contributed by atoms with van der Waals surface area (Å²) >= 11 is 0. The number of hydrogen-bond acceptors (Lipinski definition) is 3. The van der Waals surface area contributed by atoms with Crippen LogP contribution >= 0.6 is 0 Å². The first-order valence-electron chi connectivity index (χ1n) is 7.73. The van der Waals surface area contributed by atoms with Crippen molar-refractivity contribution in [2.75, 3.05) is 26.7 Å². The summed E-state index contributed by atoms with van der Waals surface area (Å²) in [5.74, 6) is 0.507. The van der Waals surface area contributed by atoms with Gasteiger partial charge >= 0.3 is 6.03 Å². The molecule has 1 aliphatic rings. The molecule has 2 heterocycles. The molecule has 5 heteroatoms. The van der Waals surface area contributed by atoms with Gasteiger partial charge in [0.15, 0.2) is 0 Å². The first-order chi connectivity index (χ1) is 10.1. The summed E-state index contributed by atoms with van der Waals surface area (Å²) in [5.41, 5.74) is 1.02. The summed E-state index contributed by atoms with van der Waals surface area (Å²) < 4.78 is 0. The van der Waals surface area contributed by atoms with Crippen LogP contribution in [-0.2, 0) is 6.54 Å². The number of carbonyl (C=O) groups excluding carboxylic acids is 1. The Bertz CT molecular complexity index is 451. The van der Waals surface area contributed by atoms with Crippen LogP contribution in [-0.4, -0.2) is 53.5 Å². The van der Waals surface area contributed by atoms with E-state index < -0.39 is 0 Å². The summed E-state index contributed by atoms with van der Waals surface area (Å²) in [6, 6.07) is 4.17. The van der Waals surface area contributed by atoms with Crippen LogP contribution in [0.5, 0.6) is 0 Å². The summed E-state index contributed by atoms with van der Waals surface area (Å²) in [6.45, 7) is 8.19. The predicted molar refractivity (Wildman–Crippen MR) is 83.9 cm³/mol. The number of amides is 2. The van der Waals surface area contributed by atoms with Crippen molar-refractivity contribution in [2.24, 2.45) is 5.92 Å². The van der Waals surface area contributed by atoms with E-state index in [0.717, 1.165) is 31.6 Å². The average molecular weight is 290 g/mol. The van der Waals surface area contributed by atoms with Crippen molar-refractivity contribution >= 4 is 6.03 Å². The number of nitrogens with one attached hydrogen (secondary N) is 1. The number of urea groups is 1. The maximum atomic E-state index is 12.3. The molecule has 1 aliphatic heterocycles. The molecule has 2 amide bonds. The minimum atomic E-state index is 0.000603. The number of nitrogens with zero attached hydrogens (tertiary/aromatic N) is 3. The fraction of sp³-hybridized carbons (Fsp3) is 0.625. The van der Waals surface area contributed by atoms with Gasteiger partial charge < -0.3 is 15.1 Å². The van der Waals surface area contributed by atoms with E-state index in [9.17, 15) is 4.79 Å². The predicted octanol–water partition coefficient (Wildman–Crippen LogP) is 1.95. The molecule has 1 N–H and O–H groups in total. The maximum Gasteiger partial charge on any atom is 0.317 e. The highest BCUT2D eigenvalue weighted by atomic mass is 16.2. The minimum absolute atomic E-state index is 0.000603. The molecule has 1 saturated heterocycles. The highest BCUT2D eigenvalue weighted by molar-refractivity contribution is 5.74. The summed E-state index contributed by atoms with van der Waals surface area (Å²) in [7, 11) is 1.90.